The summed E-state index contributed by atoms with van der Waals surface area (Å²) in [6.07, 6.45) is -0.313. The molecule has 0 unspecified atom stereocenters. The van der Waals surface area contributed by atoms with Gasteiger partial charge in [0, 0.05) is 43.0 Å². The monoisotopic (exact) mass is 604 g/mol. The number of rotatable bonds is 9. The first-order valence-corrected chi connectivity index (χ1v) is 14.3. The van der Waals surface area contributed by atoms with E-state index < -0.39 is 18.0 Å². The van der Waals surface area contributed by atoms with Crippen molar-refractivity contribution in [3.05, 3.63) is 77.4 Å². The molecule has 2 heterocycles. The number of carbonyl (C=O) groups excluding carboxylic acids is 2. The van der Waals surface area contributed by atoms with Gasteiger partial charge in [0.15, 0.2) is 11.5 Å². The molecule has 0 aliphatic carbocycles. The molecule has 4 N–H and O–H groups in total. The van der Waals surface area contributed by atoms with Crippen LogP contribution < -0.4 is 24.8 Å². The van der Waals surface area contributed by atoms with Crippen molar-refractivity contribution in [1.82, 2.24) is 9.80 Å². The first-order chi connectivity index (χ1) is 21.1. The number of carbonyl (C=O) groups is 3. The Labute approximate surface area is 255 Å². The number of hydrogen-bond donors (Lipinski definition) is 4. The summed E-state index contributed by atoms with van der Waals surface area (Å²) >= 11 is 0. The Morgan fingerprint density at radius 2 is 1.66 bits per heavy atom. The van der Waals surface area contributed by atoms with Gasteiger partial charge in [-0.25, -0.2) is 9.59 Å². The van der Waals surface area contributed by atoms with Gasteiger partial charge >= 0.3 is 12.0 Å². The largest absolute Gasteiger partial charge is 0.488 e. The van der Waals surface area contributed by atoms with E-state index in [9.17, 15) is 24.6 Å². The van der Waals surface area contributed by atoms with Gasteiger partial charge in [-0.05, 0) is 62.0 Å². The fourth-order valence-electron chi connectivity index (χ4n) is 5.22. The number of aliphatic hydroxyl groups is 1. The lowest BCUT2D eigenvalue weighted by molar-refractivity contribution is 0.0341. The molecule has 12 nitrogen and oxygen atoms in total. The normalized spacial score (nSPS) is 18.1. The molecule has 0 saturated carbocycles. The van der Waals surface area contributed by atoms with Crippen LogP contribution in [0.15, 0.2) is 60.7 Å². The zero-order chi connectivity index (χ0) is 31.4. The van der Waals surface area contributed by atoms with Gasteiger partial charge in [-0.2, -0.15) is 0 Å². The third kappa shape index (κ3) is 7.04. The number of urea groups is 1. The molecule has 2 aliphatic rings. The molecular formula is C32H36N4O8. The van der Waals surface area contributed by atoms with Crippen LogP contribution in [-0.4, -0.2) is 83.6 Å². The van der Waals surface area contributed by atoms with Crippen LogP contribution in [-0.2, 0) is 6.54 Å². The number of hydrogen-bond acceptors (Lipinski definition) is 8. The van der Waals surface area contributed by atoms with Crippen LogP contribution in [0.3, 0.4) is 0 Å². The van der Waals surface area contributed by atoms with Crippen molar-refractivity contribution >= 4 is 29.3 Å². The average molecular weight is 605 g/mol. The second-order valence-corrected chi connectivity index (χ2v) is 11.2. The van der Waals surface area contributed by atoms with Gasteiger partial charge in [0.25, 0.3) is 5.91 Å². The molecule has 0 aromatic heterocycles. The fraction of sp³-hybridized carbons (Fsp3) is 0.344. The van der Waals surface area contributed by atoms with Crippen molar-refractivity contribution in [3.63, 3.8) is 0 Å². The number of fused-ring (bicyclic) bond motifs is 2. The number of anilines is 2. The van der Waals surface area contributed by atoms with Crippen LogP contribution in [0, 0.1) is 5.92 Å². The Kier molecular flexibility index (Phi) is 9.21. The van der Waals surface area contributed by atoms with Crippen LogP contribution in [0.4, 0.5) is 16.2 Å². The molecule has 12 heteroatoms. The van der Waals surface area contributed by atoms with Gasteiger partial charge < -0.3 is 40.0 Å². The van der Waals surface area contributed by atoms with Gasteiger partial charge in [0.05, 0.1) is 23.8 Å². The number of carboxylic acid groups (broad SMARTS) is 1. The van der Waals surface area contributed by atoms with Crippen molar-refractivity contribution < 1.29 is 38.8 Å². The summed E-state index contributed by atoms with van der Waals surface area (Å²) in [6.45, 7) is 5.16. The summed E-state index contributed by atoms with van der Waals surface area (Å²) in [5, 5.41) is 24.6. The summed E-state index contributed by atoms with van der Waals surface area (Å²) in [5.74, 6) is 0.158. The summed E-state index contributed by atoms with van der Waals surface area (Å²) in [7, 11) is 1.95. The Morgan fingerprint density at radius 1 is 1.00 bits per heavy atom. The molecular weight excluding hydrogens is 568 g/mol. The fourth-order valence-corrected chi connectivity index (χ4v) is 5.22. The lowest BCUT2D eigenvalue weighted by atomic mass is 9.99. The Bertz CT molecular complexity index is 1530. The molecule has 232 valence electrons. The van der Waals surface area contributed by atoms with Crippen LogP contribution in [0.5, 0.6) is 17.2 Å². The number of aromatic carboxylic acids is 1. The molecule has 2 aliphatic heterocycles. The summed E-state index contributed by atoms with van der Waals surface area (Å²) in [4.78, 5) is 41.5. The third-order valence-corrected chi connectivity index (χ3v) is 7.70. The number of likely N-dealkylation sites (N-methyl/N-ethyl adjacent to an activating group) is 1. The van der Waals surface area contributed by atoms with Gasteiger partial charge in [-0.15, -0.1) is 0 Å². The van der Waals surface area contributed by atoms with Crippen LogP contribution in [0.2, 0.25) is 0 Å². The minimum absolute atomic E-state index is 0.0804. The van der Waals surface area contributed by atoms with Gasteiger partial charge in [0.1, 0.15) is 11.9 Å². The zero-order valence-electron chi connectivity index (χ0n) is 24.8. The highest BCUT2D eigenvalue weighted by molar-refractivity contribution is 6.02. The number of ether oxygens (including phenoxy) is 3. The molecule has 3 atom stereocenters. The number of nitrogens with zero attached hydrogens (tertiary/aromatic N) is 2. The van der Waals surface area contributed by atoms with Crippen molar-refractivity contribution in [2.24, 2.45) is 5.92 Å². The van der Waals surface area contributed by atoms with Crippen LogP contribution in [0.25, 0.3) is 0 Å². The molecule has 0 spiro atoms. The molecule has 0 radical (unpaired) electrons. The van der Waals surface area contributed by atoms with Crippen LogP contribution in [0.1, 0.15) is 40.1 Å². The SMILES string of the molecule is C[C@@H]1CN([C@@H](C)CO)C(=O)c2cc(NC(=O)Nc3ccc4c(c3)OCO4)ccc2O[C@H]1CN(C)Cc1ccc(C(=O)O)cc1. The lowest BCUT2D eigenvalue weighted by Crippen LogP contribution is -2.49. The quantitative estimate of drug-likeness (QED) is 0.283. The van der Waals surface area contributed by atoms with Gasteiger partial charge in [-0.1, -0.05) is 19.1 Å². The smallest absolute Gasteiger partial charge is 0.335 e. The van der Waals surface area contributed by atoms with E-state index in [0.29, 0.717) is 48.3 Å². The molecule has 3 aromatic rings. The van der Waals surface area contributed by atoms with E-state index in [1.165, 1.54) is 0 Å². The Morgan fingerprint density at radius 3 is 2.34 bits per heavy atom. The number of amides is 3. The van der Waals surface area contributed by atoms with E-state index in [2.05, 4.69) is 15.5 Å². The first kappa shape index (κ1) is 30.6. The Balaban J connectivity index is 1.33. The maximum Gasteiger partial charge on any atom is 0.335 e. The minimum Gasteiger partial charge on any atom is -0.488 e. The van der Waals surface area contributed by atoms with Crippen molar-refractivity contribution in [3.8, 4) is 17.2 Å². The summed E-state index contributed by atoms with van der Waals surface area (Å²) < 4.78 is 17.1. The zero-order valence-corrected chi connectivity index (χ0v) is 24.8. The van der Waals surface area contributed by atoms with E-state index in [0.717, 1.165) is 5.56 Å². The molecule has 0 saturated heterocycles. The maximum atomic E-state index is 13.7. The second-order valence-electron chi connectivity index (χ2n) is 11.2. The second kappa shape index (κ2) is 13.2. The maximum absolute atomic E-state index is 13.7. The summed E-state index contributed by atoms with van der Waals surface area (Å²) in [6, 6.07) is 15.8. The standard InChI is InChI=1S/C32H36N4O8/c1-19-14-36(20(2)17-37)30(38)25-12-23(33-32(41)34-24-9-11-27-28(13-24)43-18-42-27)8-10-26(25)44-29(19)16-35(3)15-21-4-6-22(7-5-21)31(39)40/h4-13,19-20,29,37H,14-18H2,1-3H3,(H,39,40)(H2,33,34,41)/t19-,20+,29+/m1/s1. The average Bonchev–Trinajstić information content (AvgIpc) is 3.47. The van der Waals surface area contributed by atoms with Crippen molar-refractivity contribution in [2.45, 2.75) is 32.5 Å². The molecule has 0 bridgehead atoms. The first-order valence-electron chi connectivity index (χ1n) is 14.3. The van der Waals surface area contributed by atoms with E-state index in [4.69, 9.17) is 14.2 Å². The highest BCUT2D eigenvalue weighted by Crippen LogP contribution is 2.34. The number of nitrogens with one attached hydrogen (secondary N) is 2. The molecule has 5 rings (SSSR count). The minimum atomic E-state index is -0.972. The van der Waals surface area contributed by atoms with Gasteiger partial charge in [-0.3, -0.25) is 9.69 Å². The number of benzene rings is 3. The van der Waals surface area contributed by atoms with E-state index in [-0.39, 0.29) is 42.5 Å². The lowest BCUT2D eigenvalue weighted by Gasteiger charge is -2.38. The molecule has 44 heavy (non-hydrogen) atoms. The molecule has 0 fully saturated rings. The van der Waals surface area contributed by atoms with E-state index in [1.807, 2.05) is 14.0 Å². The van der Waals surface area contributed by atoms with Gasteiger partial charge in [0.2, 0.25) is 6.79 Å². The van der Waals surface area contributed by atoms with Crippen molar-refractivity contribution in [2.75, 3.05) is 44.2 Å². The summed E-state index contributed by atoms with van der Waals surface area (Å²) in [5.41, 5.74) is 2.36. The highest BCUT2D eigenvalue weighted by atomic mass is 16.7. The van der Waals surface area contributed by atoms with Crippen LogP contribution >= 0.6 is 0 Å². The predicted molar refractivity (Wildman–Crippen MR) is 163 cm³/mol. The number of carboxylic acids is 1. The van der Waals surface area contributed by atoms with E-state index in [1.54, 1.807) is 72.5 Å². The number of aliphatic hydroxyl groups excluding tert-OH is 1. The van der Waals surface area contributed by atoms with Crippen molar-refractivity contribution in [1.29, 1.82) is 0 Å². The van der Waals surface area contributed by atoms with E-state index >= 15 is 0 Å². The molecule has 3 amide bonds. The predicted octanol–water partition coefficient (Wildman–Crippen LogP) is 4.11. The highest BCUT2D eigenvalue weighted by Gasteiger charge is 2.33. The Hall–Kier alpha value is -4.81. The third-order valence-electron chi connectivity index (χ3n) is 7.70. The molecule has 3 aromatic carbocycles. The topological polar surface area (TPSA) is 150 Å².